The molecule has 4 aliphatic rings. The van der Waals surface area contributed by atoms with E-state index < -0.39 is 52.8 Å². The highest BCUT2D eigenvalue weighted by molar-refractivity contribution is 6.33. The zero-order chi connectivity index (χ0) is 33.9. The van der Waals surface area contributed by atoms with E-state index in [2.05, 4.69) is 0 Å². The van der Waals surface area contributed by atoms with E-state index in [-0.39, 0.29) is 59.5 Å². The number of halogens is 1. The summed E-state index contributed by atoms with van der Waals surface area (Å²) in [7, 11) is 1.39. The van der Waals surface area contributed by atoms with Crippen LogP contribution < -0.4 is 4.74 Å². The van der Waals surface area contributed by atoms with Crippen molar-refractivity contribution in [3.8, 4) is 11.5 Å². The van der Waals surface area contributed by atoms with Crippen molar-refractivity contribution in [2.45, 2.75) is 30.6 Å². The Morgan fingerprint density at radius 3 is 2.33 bits per heavy atom. The number of nitrogens with zero attached hydrogens (tertiary/aromatic N) is 1. The van der Waals surface area contributed by atoms with Crippen LogP contribution in [-0.4, -0.2) is 58.1 Å². The number of carboxylic acids is 1. The van der Waals surface area contributed by atoms with Crippen LogP contribution in [0, 0.1) is 23.7 Å². The number of aliphatic carboxylic acids is 1. The monoisotopic (exact) mass is 665 g/mol. The Balaban J connectivity index is 1.49. The van der Waals surface area contributed by atoms with Gasteiger partial charge in [-0.25, -0.2) is 0 Å². The second kappa shape index (κ2) is 11.9. The molecule has 0 bridgehead atoms. The van der Waals surface area contributed by atoms with E-state index in [0.29, 0.717) is 16.7 Å². The van der Waals surface area contributed by atoms with Gasteiger partial charge < -0.3 is 14.9 Å². The first-order valence-corrected chi connectivity index (χ1v) is 16.2. The molecule has 9 nitrogen and oxygen atoms in total. The van der Waals surface area contributed by atoms with E-state index in [9.17, 15) is 29.4 Å². The number of benzene rings is 3. The molecule has 2 fully saturated rings. The summed E-state index contributed by atoms with van der Waals surface area (Å²) in [5.74, 6) is -6.73. The summed E-state index contributed by atoms with van der Waals surface area (Å²) < 4.78 is 5.48. The molecule has 0 spiro atoms. The minimum absolute atomic E-state index is 0.0115. The fourth-order valence-electron chi connectivity index (χ4n) is 8.66. The Morgan fingerprint density at radius 2 is 1.67 bits per heavy atom. The number of rotatable bonds is 7. The highest BCUT2D eigenvalue weighted by Gasteiger charge is 2.66. The summed E-state index contributed by atoms with van der Waals surface area (Å²) in [6.07, 6.45) is 3.27. The average molecular weight is 666 g/mol. The average Bonchev–Trinajstić information content (AvgIpc) is 3.34. The van der Waals surface area contributed by atoms with Crippen LogP contribution >= 0.6 is 11.6 Å². The Bertz CT molecular complexity index is 1940. The van der Waals surface area contributed by atoms with Crippen LogP contribution in [0.5, 0.6) is 11.5 Å². The number of hydrogen-bond acceptors (Lipinski definition) is 7. The zero-order valence-corrected chi connectivity index (χ0v) is 26.7. The Labute approximate surface area is 281 Å². The number of carboxylic acid groups (broad SMARTS) is 1. The predicted molar refractivity (Wildman–Crippen MR) is 175 cm³/mol. The summed E-state index contributed by atoms with van der Waals surface area (Å²) in [4.78, 5) is 70.0. The first-order chi connectivity index (χ1) is 23.1. The molecule has 7 rings (SSSR count). The molecule has 3 aromatic carbocycles. The number of carbonyl (C=O) groups is 5. The highest BCUT2D eigenvalue weighted by Crippen LogP contribution is 2.64. The molecule has 6 unspecified atom stereocenters. The van der Waals surface area contributed by atoms with Gasteiger partial charge in [0.25, 0.3) is 0 Å². The molecule has 3 aliphatic carbocycles. The second-order valence-corrected chi connectivity index (χ2v) is 13.2. The van der Waals surface area contributed by atoms with Gasteiger partial charge >= 0.3 is 5.97 Å². The number of likely N-dealkylation sites (tertiary alicyclic amines) is 1. The van der Waals surface area contributed by atoms with E-state index in [1.807, 2.05) is 42.5 Å². The number of aromatic hydroxyl groups is 1. The smallest absolute Gasteiger partial charge is 0.305 e. The van der Waals surface area contributed by atoms with Crippen LogP contribution in [0.15, 0.2) is 90.5 Å². The van der Waals surface area contributed by atoms with Crippen molar-refractivity contribution in [3.05, 3.63) is 112 Å². The van der Waals surface area contributed by atoms with Crippen molar-refractivity contribution in [2.24, 2.45) is 23.7 Å². The van der Waals surface area contributed by atoms with Gasteiger partial charge in [-0.3, -0.25) is 28.9 Å². The standard InChI is InChI=1S/C38H32ClNO8/c1-48-29-17-21(16-28(39)35(29)45)33-23-12-13-24-32(37(47)40(36(24)46)15-14-31(42)43)26(23)18-27-34(44)25(20-8-4-2-5-9-20)19-30(41)38(27,33)22-10-6-3-7-11-22/h2-12,16-17,19,24,26-27,32-33,45H,13-15,18H2,1H3,(H,42,43). The number of hydrogen-bond donors (Lipinski definition) is 2. The Hall–Kier alpha value is -5.02. The van der Waals surface area contributed by atoms with Crippen molar-refractivity contribution in [1.29, 1.82) is 0 Å². The molecule has 2 N–H and O–H groups in total. The van der Waals surface area contributed by atoms with Gasteiger partial charge in [0.15, 0.2) is 23.1 Å². The van der Waals surface area contributed by atoms with Crippen molar-refractivity contribution in [1.82, 2.24) is 4.90 Å². The van der Waals surface area contributed by atoms with Gasteiger partial charge in [0.05, 0.1) is 35.8 Å². The van der Waals surface area contributed by atoms with Gasteiger partial charge in [0, 0.05) is 24.0 Å². The first-order valence-electron chi connectivity index (χ1n) is 15.8. The van der Waals surface area contributed by atoms with Gasteiger partial charge in [-0.15, -0.1) is 0 Å². The third kappa shape index (κ3) is 4.63. The van der Waals surface area contributed by atoms with Crippen molar-refractivity contribution < 1.29 is 38.9 Å². The van der Waals surface area contributed by atoms with Gasteiger partial charge in [-0.1, -0.05) is 83.9 Å². The zero-order valence-electron chi connectivity index (χ0n) is 26.0. The topological polar surface area (TPSA) is 138 Å². The fourth-order valence-corrected chi connectivity index (χ4v) is 8.88. The second-order valence-electron chi connectivity index (χ2n) is 12.8. The Morgan fingerprint density at radius 1 is 0.979 bits per heavy atom. The number of ether oxygens (including phenoxy) is 1. The lowest BCUT2D eigenvalue weighted by molar-refractivity contribution is -0.142. The van der Waals surface area contributed by atoms with E-state index in [4.69, 9.17) is 16.3 Å². The number of imide groups is 1. The number of ketones is 2. The van der Waals surface area contributed by atoms with Crippen LogP contribution in [0.3, 0.4) is 0 Å². The van der Waals surface area contributed by atoms with E-state index in [1.165, 1.54) is 13.2 Å². The molecule has 0 radical (unpaired) electrons. The summed E-state index contributed by atoms with van der Waals surface area (Å²) in [5, 5.41) is 20.0. The van der Waals surface area contributed by atoms with Crippen LogP contribution in [0.2, 0.25) is 5.02 Å². The molecule has 0 aromatic heterocycles. The maximum absolute atomic E-state index is 15.0. The largest absolute Gasteiger partial charge is 0.503 e. The molecule has 1 aliphatic heterocycles. The minimum Gasteiger partial charge on any atom is -0.503 e. The molecule has 2 amide bonds. The molecule has 10 heteroatoms. The van der Waals surface area contributed by atoms with E-state index in [1.54, 1.807) is 36.4 Å². The highest BCUT2D eigenvalue weighted by atomic mass is 35.5. The number of allylic oxidation sites excluding steroid dienone is 4. The molecule has 1 saturated heterocycles. The molecule has 1 saturated carbocycles. The quantitative estimate of drug-likeness (QED) is 0.254. The third-order valence-corrected chi connectivity index (χ3v) is 10.9. The number of phenols is 1. The summed E-state index contributed by atoms with van der Waals surface area (Å²) in [5.41, 5.74) is 1.25. The normalized spacial score (nSPS) is 27.9. The molecular formula is C38H32ClNO8. The first kappa shape index (κ1) is 31.6. The predicted octanol–water partition coefficient (Wildman–Crippen LogP) is 5.35. The van der Waals surface area contributed by atoms with Crippen molar-refractivity contribution in [2.75, 3.05) is 13.7 Å². The van der Waals surface area contributed by atoms with Crippen LogP contribution in [0.25, 0.3) is 5.57 Å². The molecule has 48 heavy (non-hydrogen) atoms. The molecule has 244 valence electrons. The van der Waals surface area contributed by atoms with E-state index in [0.717, 1.165) is 10.5 Å². The number of phenolic OH excluding ortho intramolecular Hbond substituents is 1. The van der Waals surface area contributed by atoms with E-state index >= 15 is 4.79 Å². The van der Waals surface area contributed by atoms with Gasteiger partial charge in [0.2, 0.25) is 11.8 Å². The maximum Gasteiger partial charge on any atom is 0.305 e. The number of amides is 2. The van der Waals surface area contributed by atoms with Crippen LogP contribution in [0.1, 0.15) is 41.9 Å². The lowest BCUT2D eigenvalue weighted by atomic mass is 9.44. The number of carbonyl (C=O) groups excluding carboxylic acids is 4. The molecule has 3 aromatic rings. The van der Waals surface area contributed by atoms with Gasteiger partial charge in [0.1, 0.15) is 0 Å². The molecular weight excluding hydrogens is 634 g/mol. The van der Waals surface area contributed by atoms with Gasteiger partial charge in [-0.2, -0.15) is 0 Å². The molecule has 6 atom stereocenters. The summed E-state index contributed by atoms with van der Waals surface area (Å²) in [6.45, 7) is -0.244. The SMILES string of the molecule is COc1cc(C2C3=CCC4C(=O)N(CCC(=O)O)C(=O)C4C3CC3C(=O)C(c4ccccc4)=CC(=O)C32c2ccccc2)cc(Cl)c1O. The van der Waals surface area contributed by atoms with Crippen LogP contribution in [-0.2, 0) is 29.4 Å². The van der Waals surface area contributed by atoms with Crippen LogP contribution in [0.4, 0.5) is 0 Å². The lowest BCUT2D eigenvalue weighted by Crippen LogP contribution is -2.58. The molecule has 1 heterocycles. The van der Waals surface area contributed by atoms with Crippen molar-refractivity contribution >= 4 is 46.5 Å². The maximum atomic E-state index is 15.0. The summed E-state index contributed by atoms with van der Waals surface area (Å²) in [6, 6.07) is 21.3. The van der Waals surface area contributed by atoms with Crippen molar-refractivity contribution in [3.63, 3.8) is 0 Å². The number of Topliss-reactive ketones (excluding diaryl/α,β-unsaturated/α-hetero) is 1. The number of methoxy groups -OCH3 is 1. The lowest BCUT2D eigenvalue weighted by Gasteiger charge is -2.55. The minimum atomic E-state index is -1.47. The van der Waals surface area contributed by atoms with Gasteiger partial charge in [-0.05, 0) is 53.7 Å². The fraction of sp³-hybridized carbons (Fsp3) is 0.289. The Kier molecular flexibility index (Phi) is 7.83. The number of fused-ring (bicyclic) bond motifs is 4. The summed E-state index contributed by atoms with van der Waals surface area (Å²) >= 11 is 6.57. The third-order valence-electron chi connectivity index (χ3n) is 10.6.